The molecule has 2 heteroatoms. The zero-order chi connectivity index (χ0) is 11.7. The minimum Gasteiger partial charge on any atom is -0.496 e. The summed E-state index contributed by atoms with van der Waals surface area (Å²) >= 11 is 1.74. The zero-order valence-electron chi connectivity index (χ0n) is 9.51. The molecular weight excluding hydrogens is 228 g/mol. The van der Waals surface area contributed by atoms with Gasteiger partial charge in [0.25, 0.3) is 0 Å². The highest BCUT2D eigenvalue weighted by atomic mass is 32.1. The van der Waals surface area contributed by atoms with Gasteiger partial charge in [-0.05, 0) is 28.3 Å². The van der Waals surface area contributed by atoms with Gasteiger partial charge >= 0.3 is 0 Å². The average Bonchev–Trinajstić information content (AvgIpc) is 2.91. The van der Waals surface area contributed by atoms with Gasteiger partial charge in [-0.25, -0.2) is 0 Å². The molecule has 0 radical (unpaired) electrons. The van der Waals surface area contributed by atoms with E-state index in [1.165, 1.54) is 21.2 Å². The molecule has 1 heterocycles. The molecule has 0 aliphatic heterocycles. The Morgan fingerprint density at radius 3 is 2.59 bits per heavy atom. The minimum absolute atomic E-state index is 0.936. The van der Waals surface area contributed by atoms with Gasteiger partial charge in [-0.2, -0.15) is 0 Å². The van der Waals surface area contributed by atoms with Crippen LogP contribution in [0.3, 0.4) is 0 Å². The molecule has 0 spiro atoms. The van der Waals surface area contributed by atoms with E-state index in [9.17, 15) is 0 Å². The van der Waals surface area contributed by atoms with Crippen molar-refractivity contribution in [2.75, 3.05) is 7.11 Å². The maximum Gasteiger partial charge on any atom is 0.128 e. The van der Waals surface area contributed by atoms with Gasteiger partial charge in [0.2, 0.25) is 0 Å². The monoisotopic (exact) mass is 240 g/mol. The maximum absolute atomic E-state index is 5.48. The third kappa shape index (κ3) is 1.71. The molecule has 0 N–H and O–H groups in total. The lowest BCUT2D eigenvalue weighted by Gasteiger charge is -2.10. The predicted molar refractivity (Wildman–Crippen MR) is 73.8 cm³/mol. The summed E-state index contributed by atoms with van der Waals surface area (Å²) in [6.07, 6.45) is 0. The largest absolute Gasteiger partial charge is 0.496 e. The molecule has 2 aromatic carbocycles. The lowest BCUT2D eigenvalue weighted by atomic mass is 10.0. The van der Waals surface area contributed by atoms with Gasteiger partial charge in [0.05, 0.1) is 7.11 Å². The molecule has 3 rings (SSSR count). The summed E-state index contributed by atoms with van der Waals surface area (Å²) in [5, 5.41) is 4.59. The molecule has 0 aliphatic carbocycles. The SMILES string of the molecule is COc1ccc2ccccc2c1-c1cccs1. The average molecular weight is 240 g/mol. The Hall–Kier alpha value is -1.80. The Balaban J connectivity index is 2.39. The number of thiophene rings is 1. The van der Waals surface area contributed by atoms with Crippen LogP contribution in [0.25, 0.3) is 21.2 Å². The van der Waals surface area contributed by atoms with Crippen molar-refractivity contribution in [2.24, 2.45) is 0 Å². The van der Waals surface area contributed by atoms with Gasteiger partial charge in [-0.3, -0.25) is 0 Å². The van der Waals surface area contributed by atoms with E-state index in [1.54, 1.807) is 18.4 Å². The Labute approximate surface area is 104 Å². The second-order valence-corrected chi connectivity index (χ2v) is 4.79. The number of ether oxygens (including phenoxy) is 1. The summed E-state index contributed by atoms with van der Waals surface area (Å²) in [7, 11) is 1.72. The molecular formula is C15H12OS. The normalized spacial score (nSPS) is 10.6. The van der Waals surface area contributed by atoms with E-state index in [-0.39, 0.29) is 0 Å². The molecule has 3 aromatic rings. The number of hydrogen-bond donors (Lipinski definition) is 0. The van der Waals surface area contributed by atoms with Crippen molar-refractivity contribution in [3.8, 4) is 16.2 Å². The summed E-state index contributed by atoms with van der Waals surface area (Å²) in [4.78, 5) is 1.25. The first kappa shape index (κ1) is 10.4. The fraction of sp³-hybridized carbons (Fsp3) is 0.0667. The molecule has 17 heavy (non-hydrogen) atoms. The molecule has 0 aliphatic rings. The predicted octanol–water partition coefficient (Wildman–Crippen LogP) is 4.58. The number of hydrogen-bond acceptors (Lipinski definition) is 2. The van der Waals surface area contributed by atoms with E-state index in [1.807, 2.05) is 6.07 Å². The highest BCUT2D eigenvalue weighted by molar-refractivity contribution is 7.13. The first-order valence-corrected chi connectivity index (χ1v) is 6.38. The highest BCUT2D eigenvalue weighted by Crippen LogP contribution is 2.38. The van der Waals surface area contributed by atoms with Crippen LogP contribution in [0, 0.1) is 0 Å². The maximum atomic E-state index is 5.48. The second-order valence-electron chi connectivity index (χ2n) is 3.84. The van der Waals surface area contributed by atoms with Crippen LogP contribution in [-0.4, -0.2) is 7.11 Å². The van der Waals surface area contributed by atoms with Gasteiger partial charge < -0.3 is 4.74 Å². The van der Waals surface area contributed by atoms with Gasteiger partial charge in [-0.15, -0.1) is 11.3 Å². The Morgan fingerprint density at radius 1 is 0.941 bits per heavy atom. The summed E-state index contributed by atoms with van der Waals surface area (Å²) in [5.74, 6) is 0.936. The molecule has 84 valence electrons. The van der Waals surface area contributed by atoms with Crippen LogP contribution in [0.2, 0.25) is 0 Å². The zero-order valence-corrected chi connectivity index (χ0v) is 10.3. The first-order valence-electron chi connectivity index (χ1n) is 5.50. The summed E-state index contributed by atoms with van der Waals surface area (Å²) in [6, 6.07) is 16.8. The second kappa shape index (κ2) is 4.22. The molecule has 0 saturated carbocycles. The summed E-state index contributed by atoms with van der Waals surface area (Å²) in [6.45, 7) is 0. The summed E-state index contributed by atoms with van der Waals surface area (Å²) < 4.78 is 5.48. The van der Waals surface area contributed by atoms with Gasteiger partial charge in [-0.1, -0.05) is 36.4 Å². The highest BCUT2D eigenvalue weighted by Gasteiger charge is 2.10. The molecule has 1 aromatic heterocycles. The standard InChI is InChI=1S/C15H12OS/c1-16-13-9-8-11-5-2-3-6-12(11)15(13)14-7-4-10-17-14/h2-10H,1H3. The molecule has 0 fully saturated rings. The van der Waals surface area contributed by atoms with Crippen molar-refractivity contribution in [2.45, 2.75) is 0 Å². The number of fused-ring (bicyclic) bond motifs is 1. The van der Waals surface area contributed by atoms with E-state index >= 15 is 0 Å². The lowest BCUT2D eigenvalue weighted by molar-refractivity contribution is 0.417. The molecule has 0 amide bonds. The van der Waals surface area contributed by atoms with E-state index in [0.29, 0.717) is 0 Å². The fourth-order valence-corrected chi connectivity index (χ4v) is 2.89. The summed E-state index contributed by atoms with van der Waals surface area (Å²) in [5.41, 5.74) is 1.20. The smallest absolute Gasteiger partial charge is 0.128 e. The van der Waals surface area contributed by atoms with E-state index in [2.05, 4.69) is 47.8 Å². The quantitative estimate of drug-likeness (QED) is 0.637. The topological polar surface area (TPSA) is 9.23 Å². The van der Waals surface area contributed by atoms with Crippen LogP contribution < -0.4 is 4.74 Å². The molecule has 0 unspecified atom stereocenters. The van der Waals surface area contributed by atoms with Crippen molar-refractivity contribution in [3.63, 3.8) is 0 Å². The van der Waals surface area contributed by atoms with E-state index in [0.717, 1.165) is 5.75 Å². The number of methoxy groups -OCH3 is 1. The van der Waals surface area contributed by atoms with Gasteiger partial charge in [0.1, 0.15) is 5.75 Å². The molecule has 1 nitrogen and oxygen atoms in total. The van der Waals surface area contributed by atoms with Crippen molar-refractivity contribution < 1.29 is 4.74 Å². The Kier molecular flexibility index (Phi) is 2.57. The van der Waals surface area contributed by atoms with Gasteiger partial charge in [0.15, 0.2) is 0 Å². The van der Waals surface area contributed by atoms with Crippen LogP contribution in [0.1, 0.15) is 0 Å². The van der Waals surface area contributed by atoms with E-state index < -0.39 is 0 Å². The van der Waals surface area contributed by atoms with E-state index in [4.69, 9.17) is 4.74 Å². The van der Waals surface area contributed by atoms with Gasteiger partial charge in [0, 0.05) is 10.4 Å². The Bertz CT molecular complexity index is 641. The van der Waals surface area contributed by atoms with Crippen LogP contribution in [0.15, 0.2) is 53.9 Å². The number of rotatable bonds is 2. The van der Waals surface area contributed by atoms with Crippen LogP contribution in [0.5, 0.6) is 5.75 Å². The van der Waals surface area contributed by atoms with Crippen LogP contribution in [-0.2, 0) is 0 Å². The Morgan fingerprint density at radius 2 is 1.82 bits per heavy atom. The number of benzene rings is 2. The van der Waals surface area contributed by atoms with Crippen molar-refractivity contribution in [1.29, 1.82) is 0 Å². The van der Waals surface area contributed by atoms with Crippen LogP contribution in [0.4, 0.5) is 0 Å². The molecule has 0 saturated heterocycles. The third-order valence-corrected chi connectivity index (χ3v) is 3.77. The lowest BCUT2D eigenvalue weighted by Crippen LogP contribution is -1.87. The molecule has 0 bridgehead atoms. The molecule has 0 atom stereocenters. The van der Waals surface area contributed by atoms with Crippen molar-refractivity contribution in [3.05, 3.63) is 53.9 Å². The van der Waals surface area contributed by atoms with Crippen LogP contribution >= 0.6 is 11.3 Å². The van der Waals surface area contributed by atoms with Crippen molar-refractivity contribution in [1.82, 2.24) is 0 Å². The third-order valence-electron chi connectivity index (χ3n) is 2.88. The first-order chi connectivity index (χ1) is 8.40. The fourth-order valence-electron chi connectivity index (χ4n) is 2.10. The minimum atomic E-state index is 0.936. The van der Waals surface area contributed by atoms with Crippen molar-refractivity contribution >= 4 is 22.1 Å².